The summed E-state index contributed by atoms with van der Waals surface area (Å²) in [5, 5.41) is 15.3. The Kier molecular flexibility index (Phi) is 3.46. The Morgan fingerprint density at radius 1 is 1.37 bits per heavy atom. The lowest BCUT2D eigenvalue weighted by Gasteiger charge is -2.00. The smallest absolute Gasteiger partial charge is 0.286 e. The number of hydrogen-bond acceptors (Lipinski definition) is 4. The molecule has 0 amide bonds. The Morgan fingerprint density at radius 2 is 2.00 bits per heavy atom. The fourth-order valence-electron chi connectivity index (χ4n) is 1.67. The fraction of sp³-hybridized carbons (Fsp3) is 0.200. The van der Waals surface area contributed by atoms with E-state index in [0.717, 1.165) is 10.9 Å². The van der Waals surface area contributed by atoms with E-state index < -0.39 is 9.84 Å². The van der Waals surface area contributed by atoms with E-state index in [9.17, 15) is 13.6 Å². The van der Waals surface area contributed by atoms with Gasteiger partial charge in [-0.05, 0) is 17.7 Å². The maximum atomic E-state index is 11.6. The molecule has 0 aliphatic heterocycles. The zero-order valence-electron chi connectivity index (χ0n) is 9.96. The average Bonchev–Trinajstić information content (AvgIpc) is 2.57. The molecule has 0 atom stereocenters. The highest BCUT2D eigenvalue weighted by atomic mass is 35.5. The van der Waals surface area contributed by atoms with Gasteiger partial charge in [-0.25, -0.2) is 8.42 Å². The highest BCUT2D eigenvalue weighted by Gasteiger charge is 2.24. The van der Waals surface area contributed by atoms with Gasteiger partial charge in [0.25, 0.3) is 5.15 Å². The minimum atomic E-state index is -3.51. The minimum Gasteiger partial charge on any atom is -0.618 e. The molecule has 0 saturated carbocycles. The van der Waals surface area contributed by atoms with E-state index >= 15 is 0 Å². The highest BCUT2D eigenvalue weighted by Crippen LogP contribution is 2.31. The Bertz CT molecular complexity index is 756. The van der Waals surface area contributed by atoms with Crippen molar-refractivity contribution in [3.63, 3.8) is 0 Å². The Labute approximate surface area is 119 Å². The topological polar surface area (TPSA) is 78.9 Å². The van der Waals surface area contributed by atoms with E-state index in [0.29, 0.717) is 10.3 Å². The van der Waals surface area contributed by atoms with Crippen LogP contribution in [0.2, 0.25) is 10.2 Å². The van der Waals surface area contributed by atoms with E-state index in [1.54, 1.807) is 0 Å². The van der Waals surface area contributed by atoms with Gasteiger partial charge in [0.15, 0.2) is 21.1 Å². The third kappa shape index (κ3) is 2.54. The van der Waals surface area contributed by atoms with Crippen molar-refractivity contribution in [1.29, 1.82) is 0 Å². The molecule has 0 aliphatic rings. The average molecular weight is 322 g/mol. The van der Waals surface area contributed by atoms with Crippen LogP contribution in [-0.2, 0) is 16.9 Å². The molecule has 0 N–H and O–H groups in total. The van der Waals surface area contributed by atoms with Crippen molar-refractivity contribution < 1.29 is 13.1 Å². The quantitative estimate of drug-likeness (QED) is 0.476. The van der Waals surface area contributed by atoms with Crippen LogP contribution in [-0.4, -0.2) is 24.5 Å². The summed E-state index contributed by atoms with van der Waals surface area (Å²) in [5.74, 6) is 0. The number of aryl methyl sites for hydroxylation is 1. The van der Waals surface area contributed by atoms with Crippen LogP contribution in [0.25, 0.3) is 11.3 Å². The van der Waals surface area contributed by atoms with Crippen molar-refractivity contribution >= 4 is 33.0 Å². The summed E-state index contributed by atoms with van der Waals surface area (Å²) in [5.41, 5.74) is 0.598. The van der Waals surface area contributed by atoms with E-state index in [2.05, 4.69) is 5.10 Å². The lowest BCUT2D eigenvalue weighted by Crippen LogP contribution is -2.26. The van der Waals surface area contributed by atoms with Crippen molar-refractivity contribution in [2.45, 2.75) is 5.03 Å². The van der Waals surface area contributed by atoms with Crippen LogP contribution in [0.4, 0.5) is 0 Å². The van der Waals surface area contributed by atoms with Gasteiger partial charge in [0.1, 0.15) is 10.7 Å². The molecule has 2 heterocycles. The molecule has 0 radical (unpaired) electrons. The molecule has 0 aliphatic carbocycles. The number of nitrogens with zero attached hydrogens (tertiary/aromatic N) is 3. The Morgan fingerprint density at radius 3 is 2.47 bits per heavy atom. The van der Waals surface area contributed by atoms with Crippen LogP contribution in [0.15, 0.2) is 23.4 Å². The second-order valence-corrected chi connectivity index (χ2v) is 6.63. The van der Waals surface area contributed by atoms with Crippen molar-refractivity contribution in [3.05, 3.63) is 33.7 Å². The summed E-state index contributed by atoms with van der Waals surface area (Å²) in [6.07, 6.45) is 2.22. The first kappa shape index (κ1) is 14.1. The van der Waals surface area contributed by atoms with E-state index in [1.165, 1.54) is 25.4 Å². The maximum absolute atomic E-state index is 11.6. The molecular formula is C10H9Cl2N3O3S. The third-order valence-electron chi connectivity index (χ3n) is 2.43. The lowest BCUT2D eigenvalue weighted by molar-refractivity contribution is -0.602. The van der Waals surface area contributed by atoms with Gasteiger partial charge in [-0.15, -0.1) is 0 Å². The molecule has 0 fully saturated rings. The van der Waals surface area contributed by atoms with Gasteiger partial charge in [-0.1, -0.05) is 11.6 Å². The van der Waals surface area contributed by atoms with Gasteiger partial charge in [0.05, 0.1) is 5.56 Å². The third-order valence-corrected chi connectivity index (χ3v) is 4.36. The van der Waals surface area contributed by atoms with Crippen LogP contribution in [0.3, 0.4) is 0 Å². The number of pyridine rings is 1. The number of hydrogen-bond donors (Lipinski definition) is 0. The molecule has 6 nitrogen and oxygen atoms in total. The van der Waals surface area contributed by atoms with Crippen LogP contribution in [0.1, 0.15) is 0 Å². The molecule has 2 aromatic rings. The van der Waals surface area contributed by atoms with Crippen LogP contribution in [0, 0.1) is 5.21 Å². The molecule has 102 valence electrons. The molecule has 19 heavy (non-hydrogen) atoms. The number of halogens is 2. The first-order valence-electron chi connectivity index (χ1n) is 5.03. The second kappa shape index (κ2) is 4.66. The first-order valence-corrected chi connectivity index (χ1v) is 7.68. The van der Waals surface area contributed by atoms with Gasteiger partial charge >= 0.3 is 0 Å². The summed E-state index contributed by atoms with van der Waals surface area (Å²) in [6, 6.07) is 2.92. The largest absolute Gasteiger partial charge is 0.618 e. The monoisotopic (exact) mass is 321 g/mol. The molecule has 0 bridgehead atoms. The van der Waals surface area contributed by atoms with Gasteiger partial charge < -0.3 is 5.21 Å². The standard InChI is InChI=1S/C10H9Cl2N3O3S/c1-14-10(19(2,17)18)8(12)9(13-14)6-3-4-7(11)15(16)5-6/h3-5H,1-2H3. The summed E-state index contributed by atoms with van der Waals surface area (Å²) in [7, 11) is -2.05. The van der Waals surface area contributed by atoms with E-state index in [-0.39, 0.29) is 20.9 Å². The first-order chi connectivity index (χ1) is 8.71. The van der Waals surface area contributed by atoms with Crippen LogP contribution in [0.5, 0.6) is 0 Å². The lowest BCUT2D eigenvalue weighted by atomic mass is 10.2. The van der Waals surface area contributed by atoms with Crippen molar-refractivity contribution in [2.75, 3.05) is 6.26 Å². The summed E-state index contributed by atoms with van der Waals surface area (Å²) in [4.78, 5) is 0. The van der Waals surface area contributed by atoms with Gasteiger partial charge in [0.2, 0.25) is 0 Å². The molecule has 2 rings (SSSR count). The molecule has 9 heteroatoms. The summed E-state index contributed by atoms with van der Waals surface area (Å²) < 4.78 is 24.8. The summed E-state index contributed by atoms with van der Waals surface area (Å²) in [6.45, 7) is 0. The zero-order valence-corrected chi connectivity index (χ0v) is 12.3. The number of rotatable bonds is 2. The zero-order chi connectivity index (χ0) is 14.4. The molecule has 0 saturated heterocycles. The van der Waals surface area contributed by atoms with Crippen molar-refractivity contribution in [3.8, 4) is 11.3 Å². The Balaban J connectivity index is 2.68. The van der Waals surface area contributed by atoms with Crippen molar-refractivity contribution in [1.82, 2.24) is 9.78 Å². The van der Waals surface area contributed by atoms with Gasteiger partial charge in [-0.2, -0.15) is 9.83 Å². The number of aromatic nitrogens is 3. The second-order valence-electron chi connectivity index (χ2n) is 3.93. The van der Waals surface area contributed by atoms with E-state index in [1.807, 2.05) is 0 Å². The number of sulfone groups is 1. The van der Waals surface area contributed by atoms with Gasteiger partial charge in [-0.3, -0.25) is 4.68 Å². The predicted molar refractivity (Wildman–Crippen MR) is 70.7 cm³/mol. The molecule has 0 unspecified atom stereocenters. The normalized spacial score (nSPS) is 11.8. The fourth-order valence-corrected chi connectivity index (χ4v) is 3.42. The SMILES string of the molecule is Cn1nc(-c2ccc(Cl)[n+]([O-])c2)c(Cl)c1S(C)(=O)=O. The van der Waals surface area contributed by atoms with E-state index in [4.69, 9.17) is 23.2 Å². The molecule has 2 aromatic heterocycles. The highest BCUT2D eigenvalue weighted by molar-refractivity contribution is 7.90. The predicted octanol–water partition coefficient (Wildman–Crippen LogP) is 1.43. The summed E-state index contributed by atoms with van der Waals surface area (Å²) >= 11 is 11.6. The Hall–Kier alpha value is -1.31. The molecular weight excluding hydrogens is 313 g/mol. The van der Waals surface area contributed by atoms with Gasteiger partial charge in [0, 0.05) is 19.4 Å². The minimum absolute atomic E-state index is 0.000796. The van der Waals surface area contributed by atoms with Crippen LogP contribution >= 0.6 is 23.2 Å². The van der Waals surface area contributed by atoms with Crippen LogP contribution < -0.4 is 4.73 Å². The molecule has 0 spiro atoms. The molecule has 0 aromatic carbocycles. The van der Waals surface area contributed by atoms with Crippen molar-refractivity contribution in [2.24, 2.45) is 7.05 Å². The maximum Gasteiger partial charge on any atom is 0.286 e.